The zero-order valence-corrected chi connectivity index (χ0v) is 16.9. The third-order valence-electron chi connectivity index (χ3n) is 4.65. The molecular formula is C23H22N2O3S. The number of nitrogens with zero attached hydrogens (tertiary/aromatic N) is 1. The van der Waals surface area contributed by atoms with Crippen molar-refractivity contribution in [1.29, 1.82) is 0 Å². The van der Waals surface area contributed by atoms with Gasteiger partial charge in [-0.25, -0.2) is 4.98 Å². The van der Waals surface area contributed by atoms with E-state index >= 15 is 0 Å². The number of carbonyl (C=O) groups excluding carboxylic acids is 1. The fraction of sp³-hybridized carbons (Fsp3) is 0.217. The molecule has 3 aromatic rings. The minimum Gasteiger partial charge on any atom is -0.493 e. The molecule has 1 unspecified atom stereocenters. The molecule has 0 saturated heterocycles. The van der Waals surface area contributed by atoms with E-state index in [1.165, 1.54) is 0 Å². The molecule has 6 heteroatoms. The van der Waals surface area contributed by atoms with Gasteiger partial charge in [-0.1, -0.05) is 36.4 Å². The van der Waals surface area contributed by atoms with Gasteiger partial charge in [0.1, 0.15) is 18.1 Å². The number of ether oxygens (including phenoxy) is 2. The van der Waals surface area contributed by atoms with Crippen LogP contribution < -0.4 is 14.8 Å². The lowest BCUT2D eigenvalue weighted by Crippen LogP contribution is -2.30. The second-order valence-electron chi connectivity index (χ2n) is 6.75. The first-order valence-electron chi connectivity index (χ1n) is 9.52. The Morgan fingerprint density at radius 2 is 2.10 bits per heavy atom. The minimum atomic E-state index is -0.142. The zero-order chi connectivity index (χ0) is 20.1. The summed E-state index contributed by atoms with van der Waals surface area (Å²) in [5.41, 5.74) is 2.77. The molecule has 2 aromatic carbocycles. The highest BCUT2D eigenvalue weighted by molar-refractivity contribution is 7.09. The molecule has 1 aliphatic rings. The first-order chi connectivity index (χ1) is 14.2. The van der Waals surface area contributed by atoms with Gasteiger partial charge in [-0.05, 0) is 25.1 Å². The number of hydrogen-bond donors (Lipinski definition) is 1. The summed E-state index contributed by atoms with van der Waals surface area (Å²) in [7, 11) is 0. The van der Waals surface area contributed by atoms with Gasteiger partial charge in [0.2, 0.25) is 5.91 Å². The van der Waals surface area contributed by atoms with Crippen LogP contribution in [0.4, 0.5) is 0 Å². The molecule has 0 aliphatic carbocycles. The molecule has 1 amide bonds. The number of benzene rings is 2. The van der Waals surface area contributed by atoms with Gasteiger partial charge in [0.25, 0.3) is 0 Å². The summed E-state index contributed by atoms with van der Waals surface area (Å²) in [6.45, 7) is 2.97. The molecule has 5 nitrogen and oxygen atoms in total. The summed E-state index contributed by atoms with van der Waals surface area (Å²) in [5, 5.41) is 6.08. The second kappa shape index (κ2) is 8.92. The number of nitrogens with one attached hydrogen (secondary N) is 1. The highest BCUT2D eigenvalue weighted by Gasteiger charge is 2.21. The van der Waals surface area contributed by atoms with E-state index in [1.54, 1.807) is 23.5 Å². The van der Waals surface area contributed by atoms with Gasteiger partial charge in [0, 0.05) is 29.0 Å². The SMILES string of the molecule is Cc1nc(COc2ccccc2/C=C/C(=O)NC2CCOc3ccccc32)cs1. The Balaban J connectivity index is 1.41. The van der Waals surface area contributed by atoms with E-state index in [2.05, 4.69) is 10.3 Å². The van der Waals surface area contributed by atoms with Crippen LogP contribution in [-0.2, 0) is 11.4 Å². The first kappa shape index (κ1) is 19.2. The number of aryl methyl sites for hydroxylation is 1. The second-order valence-corrected chi connectivity index (χ2v) is 7.82. The third kappa shape index (κ3) is 4.84. The normalized spacial score (nSPS) is 15.6. The van der Waals surface area contributed by atoms with E-state index in [0.29, 0.717) is 13.2 Å². The summed E-state index contributed by atoms with van der Waals surface area (Å²) < 4.78 is 11.6. The monoisotopic (exact) mass is 406 g/mol. The molecule has 1 N–H and O–H groups in total. The van der Waals surface area contributed by atoms with Crippen LogP contribution in [0.3, 0.4) is 0 Å². The van der Waals surface area contributed by atoms with Crippen molar-refractivity contribution >= 4 is 23.3 Å². The Morgan fingerprint density at radius 1 is 1.28 bits per heavy atom. The van der Waals surface area contributed by atoms with Crippen molar-refractivity contribution in [3.05, 3.63) is 81.8 Å². The number of carbonyl (C=O) groups is 1. The van der Waals surface area contributed by atoms with Crippen LogP contribution in [0.2, 0.25) is 0 Å². The summed E-state index contributed by atoms with van der Waals surface area (Å²) in [6, 6.07) is 15.4. The molecule has 0 bridgehead atoms. The molecule has 0 fully saturated rings. The quantitative estimate of drug-likeness (QED) is 0.604. The third-order valence-corrected chi connectivity index (χ3v) is 5.47. The zero-order valence-electron chi connectivity index (χ0n) is 16.1. The van der Waals surface area contributed by atoms with Gasteiger partial charge in [0.05, 0.1) is 23.4 Å². The van der Waals surface area contributed by atoms with E-state index < -0.39 is 0 Å². The highest BCUT2D eigenvalue weighted by Crippen LogP contribution is 2.31. The molecule has 0 spiro atoms. The average Bonchev–Trinajstić information content (AvgIpc) is 3.17. The number of fused-ring (bicyclic) bond motifs is 1. The van der Waals surface area contributed by atoms with Crippen molar-refractivity contribution < 1.29 is 14.3 Å². The van der Waals surface area contributed by atoms with Crippen LogP contribution in [0.25, 0.3) is 6.08 Å². The van der Waals surface area contributed by atoms with Gasteiger partial charge < -0.3 is 14.8 Å². The predicted molar refractivity (Wildman–Crippen MR) is 114 cm³/mol. The molecular weight excluding hydrogens is 384 g/mol. The lowest BCUT2D eigenvalue weighted by Gasteiger charge is -2.26. The Morgan fingerprint density at radius 3 is 2.97 bits per heavy atom. The maximum atomic E-state index is 12.5. The minimum absolute atomic E-state index is 0.0449. The molecule has 4 rings (SSSR count). The van der Waals surface area contributed by atoms with Crippen LogP contribution in [0.15, 0.2) is 60.0 Å². The predicted octanol–water partition coefficient (Wildman–Crippen LogP) is 4.68. The summed E-state index contributed by atoms with van der Waals surface area (Å²) in [6.07, 6.45) is 4.08. The lowest BCUT2D eigenvalue weighted by atomic mass is 10.0. The fourth-order valence-electron chi connectivity index (χ4n) is 3.25. The van der Waals surface area contributed by atoms with E-state index in [1.807, 2.05) is 60.8 Å². The lowest BCUT2D eigenvalue weighted by molar-refractivity contribution is -0.117. The largest absolute Gasteiger partial charge is 0.493 e. The van der Waals surface area contributed by atoms with Crippen molar-refractivity contribution in [2.45, 2.75) is 26.0 Å². The molecule has 0 radical (unpaired) electrons. The smallest absolute Gasteiger partial charge is 0.244 e. The van der Waals surface area contributed by atoms with E-state index in [4.69, 9.17) is 9.47 Å². The van der Waals surface area contributed by atoms with Gasteiger partial charge >= 0.3 is 0 Å². The van der Waals surface area contributed by atoms with Crippen LogP contribution >= 0.6 is 11.3 Å². The topological polar surface area (TPSA) is 60.5 Å². The first-order valence-corrected chi connectivity index (χ1v) is 10.4. The number of hydrogen-bond acceptors (Lipinski definition) is 5. The van der Waals surface area contributed by atoms with Gasteiger partial charge in [-0.2, -0.15) is 0 Å². The van der Waals surface area contributed by atoms with Crippen molar-refractivity contribution in [2.75, 3.05) is 6.61 Å². The van der Waals surface area contributed by atoms with Crippen molar-refractivity contribution in [3.63, 3.8) is 0 Å². The Kier molecular flexibility index (Phi) is 5.91. The van der Waals surface area contributed by atoms with Crippen molar-refractivity contribution in [2.24, 2.45) is 0 Å². The summed E-state index contributed by atoms with van der Waals surface area (Å²) in [5.74, 6) is 1.42. The molecule has 0 saturated carbocycles. The van der Waals surface area contributed by atoms with Gasteiger partial charge in [-0.15, -0.1) is 11.3 Å². The maximum Gasteiger partial charge on any atom is 0.244 e. The molecule has 1 aromatic heterocycles. The van der Waals surface area contributed by atoms with Gasteiger partial charge in [0.15, 0.2) is 0 Å². The number of rotatable bonds is 6. The Bertz CT molecular complexity index is 1030. The van der Waals surface area contributed by atoms with Crippen molar-refractivity contribution in [3.8, 4) is 11.5 Å². The average molecular weight is 407 g/mol. The van der Waals surface area contributed by atoms with Crippen LogP contribution in [0.5, 0.6) is 11.5 Å². The number of amides is 1. The van der Waals surface area contributed by atoms with Crippen LogP contribution in [0, 0.1) is 6.92 Å². The number of thiazole rings is 1. The molecule has 2 heterocycles. The van der Waals surface area contributed by atoms with E-state index in [9.17, 15) is 4.79 Å². The molecule has 1 aliphatic heterocycles. The molecule has 29 heavy (non-hydrogen) atoms. The van der Waals surface area contributed by atoms with E-state index in [0.717, 1.165) is 39.7 Å². The molecule has 1 atom stereocenters. The van der Waals surface area contributed by atoms with Crippen molar-refractivity contribution in [1.82, 2.24) is 10.3 Å². The van der Waals surface area contributed by atoms with Crippen LogP contribution in [-0.4, -0.2) is 17.5 Å². The highest BCUT2D eigenvalue weighted by atomic mass is 32.1. The Labute approximate surface area is 174 Å². The van der Waals surface area contributed by atoms with Gasteiger partial charge in [-0.3, -0.25) is 4.79 Å². The number of aromatic nitrogens is 1. The summed E-state index contributed by atoms with van der Waals surface area (Å²) >= 11 is 1.60. The number of para-hydroxylation sites is 2. The standard InChI is InChI=1S/C23H22N2O3S/c1-16-24-18(15-29-16)14-28-21-8-4-2-6-17(21)10-11-23(26)25-20-12-13-27-22-9-5-3-7-19(20)22/h2-11,15,20H,12-14H2,1H3,(H,25,26)/b11-10+. The molecule has 148 valence electrons. The Hall–Kier alpha value is -3.12. The maximum absolute atomic E-state index is 12.5. The van der Waals surface area contributed by atoms with Crippen LogP contribution in [0.1, 0.15) is 34.3 Å². The summed E-state index contributed by atoms with van der Waals surface area (Å²) in [4.78, 5) is 16.9. The van der Waals surface area contributed by atoms with E-state index in [-0.39, 0.29) is 11.9 Å². The fourth-order valence-corrected chi connectivity index (χ4v) is 3.85.